The highest BCUT2D eigenvalue weighted by Gasteiger charge is 2.15. The largest absolute Gasteiger partial charge is 0.468 e. The Labute approximate surface area is 59.3 Å². The van der Waals surface area contributed by atoms with Crippen LogP contribution in [0.4, 0.5) is 0 Å². The van der Waals surface area contributed by atoms with Gasteiger partial charge in [-0.2, -0.15) is 0 Å². The average Bonchev–Trinajstić information content (AvgIpc) is 1.99. The van der Waals surface area contributed by atoms with Crippen molar-refractivity contribution in [3.63, 3.8) is 0 Å². The van der Waals surface area contributed by atoms with E-state index in [-0.39, 0.29) is 6.61 Å². The van der Waals surface area contributed by atoms with Crippen molar-refractivity contribution in [1.82, 2.24) is 10.9 Å². The Morgan fingerprint density at radius 3 is 2.70 bits per heavy atom. The first-order valence-electron chi connectivity index (χ1n) is 2.87. The van der Waals surface area contributed by atoms with Gasteiger partial charge in [-0.3, -0.25) is 10.2 Å². The molecule has 0 aromatic carbocycles. The first kappa shape index (κ1) is 9.35. The zero-order valence-electron chi connectivity index (χ0n) is 6.05. The molecule has 0 fully saturated rings. The molecule has 10 heavy (non-hydrogen) atoms. The van der Waals surface area contributed by atoms with E-state index in [1.165, 1.54) is 7.11 Å². The second-order valence-electron chi connectivity index (χ2n) is 1.65. The molecule has 0 heterocycles. The molecule has 5 heteroatoms. The van der Waals surface area contributed by atoms with Gasteiger partial charge in [0.2, 0.25) is 0 Å². The molecule has 3 N–H and O–H groups in total. The van der Waals surface area contributed by atoms with Crippen LogP contribution < -0.4 is 10.9 Å². The van der Waals surface area contributed by atoms with E-state index in [1.54, 1.807) is 7.05 Å². The van der Waals surface area contributed by atoms with Gasteiger partial charge in [-0.15, -0.1) is 0 Å². The van der Waals surface area contributed by atoms with E-state index in [1.807, 2.05) is 0 Å². The van der Waals surface area contributed by atoms with Crippen molar-refractivity contribution in [1.29, 1.82) is 0 Å². The van der Waals surface area contributed by atoms with Gasteiger partial charge in [0, 0.05) is 0 Å². The van der Waals surface area contributed by atoms with Crippen LogP contribution in [0.2, 0.25) is 0 Å². The van der Waals surface area contributed by atoms with E-state index in [9.17, 15) is 4.79 Å². The number of methoxy groups -OCH3 is 1. The first-order chi connectivity index (χ1) is 4.76. The average molecular weight is 148 g/mol. The van der Waals surface area contributed by atoms with Gasteiger partial charge >= 0.3 is 5.97 Å². The quantitative estimate of drug-likeness (QED) is 0.325. The molecule has 0 aromatic rings. The van der Waals surface area contributed by atoms with Crippen molar-refractivity contribution >= 4 is 5.97 Å². The molecule has 0 bridgehead atoms. The van der Waals surface area contributed by atoms with Crippen LogP contribution in [0.25, 0.3) is 0 Å². The second-order valence-corrected chi connectivity index (χ2v) is 1.65. The maximum absolute atomic E-state index is 10.6. The highest BCUT2D eigenvalue weighted by atomic mass is 16.5. The third kappa shape index (κ3) is 2.77. The zero-order chi connectivity index (χ0) is 7.98. The summed E-state index contributed by atoms with van der Waals surface area (Å²) in [5.41, 5.74) is 5.03. The number of carbonyl (C=O) groups excluding carboxylic acids is 1. The second kappa shape index (κ2) is 5.16. The maximum atomic E-state index is 10.6. The number of rotatable bonds is 4. The monoisotopic (exact) mass is 148 g/mol. The Balaban J connectivity index is 3.68. The van der Waals surface area contributed by atoms with Crippen LogP contribution in [0.3, 0.4) is 0 Å². The van der Waals surface area contributed by atoms with Gasteiger partial charge in [-0.1, -0.05) is 0 Å². The summed E-state index contributed by atoms with van der Waals surface area (Å²) in [5, 5.41) is 8.56. The van der Waals surface area contributed by atoms with E-state index in [4.69, 9.17) is 5.11 Å². The molecule has 0 aromatic heterocycles. The molecule has 0 unspecified atom stereocenters. The fourth-order valence-electron chi connectivity index (χ4n) is 0.496. The van der Waals surface area contributed by atoms with Gasteiger partial charge in [0.15, 0.2) is 0 Å². The molecule has 0 aliphatic heterocycles. The Morgan fingerprint density at radius 1 is 1.80 bits per heavy atom. The minimum absolute atomic E-state index is 0.284. The summed E-state index contributed by atoms with van der Waals surface area (Å²) in [6, 6.07) is -0.685. The van der Waals surface area contributed by atoms with Gasteiger partial charge in [-0.05, 0) is 7.05 Å². The zero-order valence-corrected chi connectivity index (χ0v) is 6.05. The van der Waals surface area contributed by atoms with Crippen LogP contribution in [0.15, 0.2) is 0 Å². The van der Waals surface area contributed by atoms with Crippen molar-refractivity contribution in [2.75, 3.05) is 20.8 Å². The van der Waals surface area contributed by atoms with Gasteiger partial charge in [-0.25, -0.2) is 5.43 Å². The maximum Gasteiger partial charge on any atom is 0.326 e. The van der Waals surface area contributed by atoms with Gasteiger partial charge in [0.05, 0.1) is 13.7 Å². The lowest BCUT2D eigenvalue weighted by Crippen LogP contribution is -2.46. The fraction of sp³-hybridized carbons (Fsp3) is 0.800. The van der Waals surface area contributed by atoms with Crippen LogP contribution in [-0.2, 0) is 9.53 Å². The molecular formula is C5H12N2O3. The molecule has 0 spiro atoms. The highest BCUT2D eigenvalue weighted by Crippen LogP contribution is 1.82. The van der Waals surface area contributed by atoms with Gasteiger partial charge in [0.1, 0.15) is 6.04 Å². The molecule has 0 radical (unpaired) electrons. The van der Waals surface area contributed by atoms with Crippen LogP contribution >= 0.6 is 0 Å². The summed E-state index contributed by atoms with van der Waals surface area (Å²) in [6.45, 7) is -0.284. The summed E-state index contributed by atoms with van der Waals surface area (Å²) in [7, 11) is 2.87. The summed E-state index contributed by atoms with van der Waals surface area (Å²) in [4.78, 5) is 10.6. The third-order valence-corrected chi connectivity index (χ3v) is 0.987. The molecule has 5 nitrogen and oxygen atoms in total. The molecule has 1 atom stereocenters. The molecule has 0 saturated heterocycles. The standard InChI is InChI=1S/C5H12N2O3/c1-6-7-4(3-8)5(9)10-2/h4,6-8H,3H2,1-2H3/t4-/m0/s1. The lowest BCUT2D eigenvalue weighted by molar-refractivity contribution is -0.144. The van der Waals surface area contributed by atoms with Crippen molar-refractivity contribution in [2.45, 2.75) is 6.04 Å². The predicted octanol–water partition coefficient (Wildman–Crippen LogP) is -1.76. The first-order valence-corrected chi connectivity index (χ1v) is 2.87. The minimum Gasteiger partial charge on any atom is -0.468 e. The van der Waals surface area contributed by atoms with Crippen molar-refractivity contribution in [3.8, 4) is 0 Å². The SMILES string of the molecule is CNN[C@@H](CO)C(=O)OC. The van der Waals surface area contributed by atoms with E-state index >= 15 is 0 Å². The number of ether oxygens (including phenoxy) is 1. The number of aliphatic hydroxyl groups is 1. The summed E-state index contributed by atoms with van der Waals surface area (Å²) < 4.78 is 4.35. The summed E-state index contributed by atoms with van der Waals surface area (Å²) >= 11 is 0. The predicted molar refractivity (Wildman–Crippen MR) is 35.1 cm³/mol. The van der Waals surface area contributed by atoms with Gasteiger partial charge in [0.25, 0.3) is 0 Å². The van der Waals surface area contributed by atoms with E-state index in [0.29, 0.717) is 0 Å². The highest BCUT2D eigenvalue weighted by molar-refractivity contribution is 5.75. The van der Waals surface area contributed by atoms with Crippen molar-refractivity contribution in [3.05, 3.63) is 0 Å². The van der Waals surface area contributed by atoms with Crippen LogP contribution in [0.1, 0.15) is 0 Å². The number of hydrogen-bond acceptors (Lipinski definition) is 5. The number of nitrogens with one attached hydrogen (secondary N) is 2. The number of esters is 1. The molecule has 0 aliphatic carbocycles. The number of carbonyl (C=O) groups is 1. The van der Waals surface area contributed by atoms with E-state index in [2.05, 4.69) is 15.6 Å². The summed E-state index contributed by atoms with van der Waals surface area (Å²) in [6.07, 6.45) is 0. The minimum atomic E-state index is -0.685. The fourth-order valence-corrected chi connectivity index (χ4v) is 0.496. The molecule has 0 aliphatic rings. The molecule has 60 valence electrons. The van der Waals surface area contributed by atoms with Crippen molar-refractivity contribution < 1.29 is 14.6 Å². The number of hydrogen-bond donors (Lipinski definition) is 3. The Morgan fingerprint density at radius 2 is 2.40 bits per heavy atom. The number of aliphatic hydroxyl groups excluding tert-OH is 1. The lowest BCUT2D eigenvalue weighted by atomic mass is 10.3. The normalized spacial score (nSPS) is 12.7. The smallest absolute Gasteiger partial charge is 0.326 e. The Hall–Kier alpha value is -0.650. The van der Waals surface area contributed by atoms with E-state index < -0.39 is 12.0 Å². The summed E-state index contributed by atoms with van der Waals surface area (Å²) in [5.74, 6) is -0.489. The van der Waals surface area contributed by atoms with Crippen LogP contribution in [-0.4, -0.2) is 37.9 Å². The van der Waals surface area contributed by atoms with Crippen molar-refractivity contribution in [2.24, 2.45) is 0 Å². The Bertz CT molecular complexity index is 107. The number of hydrazine groups is 1. The van der Waals surface area contributed by atoms with E-state index in [0.717, 1.165) is 0 Å². The molecule has 0 rings (SSSR count). The van der Waals surface area contributed by atoms with Gasteiger partial charge < -0.3 is 9.84 Å². The molecule has 0 amide bonds. The topological polar surface area (TPSA) is 70.6 Å². The van der Waals surface area contributed by atoms with Crippen LogP contribution in [0, 0.1) is 0 Å². The third-order valence-electron chi connectivity index (χ3n) is 0.987. The van der Waals surface area contributed by atoms with Crippen LogP contribution in [0.5, 0.6) is 0 Å². The molecule has 0 saturated carbocycles. The molecular weight excluding hydrogens is 136 g/mol. The lowest BCUT2D eigenvalue weighted by Gasteiger charge is -2.11. The Kier molecular flexibility index (Phi) is 4.82.